The highest BCUT2D eigenvalue weighted by Crippen LogP contribution is 2.26. The lowest BCUT2D eigenvalue weighted by Gasteiger charge is -2.41. The number of aliphatic hydroxyl groups excluding tert-OH is 5. The van der Waals surface area contributed by atoms with Crippen LogP contribution in [-0.4, -0.2) is 99.6 Å². The number of amides is 1. The van der Waals surface area contributed by atoms with E-state index < -0.39 is 67.4 Å². The Hall–Kier alpha value is -2.38. The van der Waals surface area contributed by atoms with Crippen LogP contribution in [0.2, 0.25) is 0 Å². The molecule has 0 aromatic carbocycles. The number of allylic oxidation sites excluding steroid dienone is 7. The van der Waals surface area contributed by atoms with Gasteiger partial charge in [0.25, 0.3) is 0 Å². The molecule has 1 fully saturated rings. The molecule has 11 heteroatoms. The first kappa shape index (κ1) is 75.6. The molecule has 0 saturated carbocycles. The van der Waals surface area contributed by atoms with Crippen molar-refractivity contribution >= 4 is 11.9 Å². The third-order valence-corrected chi connectivity index (χ3v) is 16.0. The minimum absolute atomic E-state index is 0.128. The summed E-state index contributed by atoms with van der Waals surface area (Å²) in [5, 5.41) is 57.1. The zero-order valence-electron chi connectivity index (χ0n) is 52.0. The Labute approximate surface area is 491 Å². The van der Waals surface area contributed by atoms with Crippen LogP contribution in [0, 0.1) is 0 Å². The van der Waals surface area contributed by atoms with Crippen molar-refractivity contribution in [3.05, 3.63) is 48.6 Å². The standard InChI is InChI=1S/C69H127NO10/c1-4-7-10-13-16-19-22-24-26-27-28-29-30-31-32-33-34-35-36-37-38-41-44-47-50-53-56-62(73)68(77)70-60(61(72)55-52-49-46-43-40-21-18-15-12-9-6-3)59-78-69-67(66(76)65(75)63(58-71)79-69)80-64(74)57-54-51-48-45-42-39-25-23-20-17-14-11-8-5-2/h16,19,24,26,28-29,52,55,60-63,65-67,69,71-73,75-76H,4-15,17-18,20-23,25,27,30-51,53-54,56-59H2,1-3H3,(H,70,77)/b19-16-,26-24-,29-28-,55-52+. The molecule has 1 aliphatic heterocycles. The SMILES string of the molecule is CCCCC/C=C\C/C=C\C/C=C\CCCCCCCCCCCCCCCC(O)C(=O)NC(COC1OC(CO)C(O)C(O)C1OC(=O)CCCCCCCCCCCCCCCC)C(O)/C=C/CCCCCCCCCCC. The van der Waals surface area contributed by atoms with Crippen LogP contribution >= 0.6 is 0 Å². The van der Waals surface area contributed by atoms with E-state index in [4.69, 9.17) is 14.2 Å². The van der Waals surface area contributed by atoms with E-state index in [0.717, 1.165) is 70.6 Å². The molecule has 0 spiro atoms. The number of esters is 1. The quantitative estimate of drug-likeness (QED) is 0.0195. The first-order valence-corrected chi connectivity index (χ1v) is 33.9. The monoisotopic (exact) mass is 1130 g/mol. The van der Waals surface area contributed by atoms with Crippen molar-refractivity contribution in [3.63, 3.8) is 0 Å². The number of carbonyl (C=O) groups is 2. The van der Waals surface area contributed by atoms with Crippen LogP contribution in [0.4, 0.5) is 0 Å². The van der Waals surface area contributed by atoms with Gasteiger partial charge in [-0.2, -0.15) is 0 Å². The van der Waals surface area contributed by atoms with Crippen molar-refractivity contribution in [2.24, 2.45) is 0 Å². The zero-order chi connectivity index (χ0) is 58.2. The molecule has 8 atom stereocenters. The molecule has 1 aliphatic rings. The highest BCUT2D eigenvalue weighted by Gasteiger charge is 2.47. The van der Waals surface area contributed by atoms with Crippen molar-refractivity contribution in [1.29, 1.82) is 0 Å². The van der Waals surface area contributed by atoms with Crippen molar-refractivity contribution in [2.45, 2.75) is 365 Å². The smallest absolute Gasteiger partial charge is 0.306 e. The van der Waals surface area contributed by atoms with E-state index in [2.05, 4.69) is 62.5 Å². The number of rotatable bonds is 58. The van der Waals surface area contributed by atoms with E-state index in [0.29, 0.717) is 19.3 Å². The molecular formula is C69H127NO10. The van der Waals surface area contributed by atoms with Gasteiger partial charge in [0.1, 0.15) is 24.4 Å². The topological polar surface area (TPSA) is 175 Å². The number of hydrogen-bond acceptors (Lipinski definition) is 10. The predicted octanol–water partition coefficient (Wildman–Crippen LogP) is 16.8. The summed E-state index contributed by atoms with van der Waals surface area (Å²) >= 11 is 0. The highest BCUT2D eigenvalue weighted by molar-refractivity contribution is 5.80. The van der Waals surface area contributed by atoms with Gasteiger partial charge in [0, 0.05) is 6.42 Å². The van der Waals surface area contributed by atoms with E-state index in [1.165, 1.54) is 199 Å². The number of unbranched alkanes of at least 4 members (excludes halogenated alkanes) is 38. The second-order valence-corrected chi connectivity index (χ2v) is 23.6. The molecule has 0 aromatic rings. The van der Waals surface area contributed by atoms with Crippen molar-refractivity contribution < 1.29 is 49.3 Å². The van der Waals surface area contributed by atoms with Gasteiger partial charge in [-0.25, -0.2) is 0 Å². The van der Waals surface area contributed by atoms with E-state index in [9.17, 15) is 35.1 Å². The number of carbonyl (C=O) groups excluding carboxylic acids is 2. The molecule has 1 rings (SSSR count). The van der Waals surface area contributed by atoms with Gasteiger partial charge in [-0.05, 0) is 64.2 Å². The van der Waals surface area contributed by atoms with Gasteiger partial charge in [-0.3, -0.25) is 9.59 Å². The Morgan fingerprint density at radius 3 is 1.31 bits per heavy atom. The van der Waals surface area contributed by atoms with E-state index in [1.807, 2.05) is 6.08 Å². The molecular weight excluding hydrogens is 1000 g/mol. The summed E-state index contributed by atoms with van der Waals surface area (Å²) < 4.78 is 17.6. The molecule has 80 heavy (non-hydrogen) atoms. The summed E-state index contributed by atoms with van der Waals surface area (Å²) in [5.41, 5.74) is 0. The lowest BCUT2D eigenvalue weighted by molar-refractivity contribution is -0.305. The Kier molecular flexibility index (Phi) is 54.0. The maximum atomic E-state index is 13.5. The van der Waals surface area contributed by atoms with Gasteiger partial charge < -0.3 is 45.1 Å². The van der Waals surface area contributed by atoms with Gasteiger partial charge in [0.15, 0.2) is 12.4 Å². The van der Waals surface area contributed by atoms with Crippen molar-refractivity contribution in [3.8, 4) is 0 Å². The Balaban J connectivity index is 2.55. The summed E-state index contributed by atoms with van der Waals surface area (Å²) in [4.78, 5) is 26.6. The average Bonchev–Trinajstić information content (AvgIpc) is 3.46. The number of aliphatic hydroxyl groups is 5. The lowest BCUT2D eigenvalue weighted by atomic mass is 9.99. The van der Waals surface area contributed by atoms with Crippen LogP contribution in [-0.2, 0) is 23.8 Å². The second kappa shape index (κ2) is 57.1. The first-order valence-electron chi connectivity index (χ1n) is 33.9. The van der Waals surface area contributed by atoms with Crippen LogP contribution in [0.15, 0.2) is 48.6 Å². The van der Waals surface area contributed by atoms with Gasteiger partial charge in [-0.15, -0.1) is 0 Å². The summed E-state index contributed by atoms with van der Waals surface area (Å²) in [6, 6.07) is -1.02. The molecule has 0 bridgehead atoms. The molecule has 1 saturated heterocycles. The van der Waals surface area contributed by atoms with E-state index in [1.54, 1.807) is 6.08 Å². The van der Waals surface area contributed by atoms with Gasteiger partial charge >= 0.3 is 5.97 Å². The van der Waals surface area contributed by atoms with Crippen molar-refractivity contribution in [1.82, 2.24) is 5.32 Å². The first-order chi connectivity index (χ1) is 39.2. The van der Waals surface area contributed by atoms with Crippen LogP contribution in [0.5, 0.6) is 0 Å². The molecule has 0 aliphatic carbocycles. The number of nitrogens with one attached hydrogen (secondary N) is 1. The van der Waals surface area contributed by atoms with E-state index >= 15 is 0 Å². The highest BCUT2D eigenvalue weighted by atomic mass is 16.7. The summed E-state index contributed by atoms with van der Waals surface area (Å²) in [6.45, 7) is 5.78. The van der Waals surface area contributed by atoms with Crippen LogP contribution in [0.1, 0.15) is 316 Å². The number of hydrogen-bond donors (Lipinski definition) is 6. The molecule has 0 radical (unpaired) electrons. The molecule has 0 aromatic heterocycles. The van der Waals surface area contributed by atoms with E-state index in [-0.39, 0.29) is 13.0 Å². The molecule has 8 unspecified atom stereocenters. The average molecular weight is 1130 g/mol. The van der Waals surface area contributed by atoms with Crippen LogP contribution < -0.4 is 5.32 Å². The molecule has 468 valence electrons. The predicted molar refractivity (Wildman–Crippen MR) is 334 cm³/mol. The minimum Gasteiger partial charge on any atom is -0.454 e. The van der Waals surface area contributed by atoms with Crippen LogP contribution in [0.25, 0.3) is 0 Å². The zero-order valence-corrected chi connectivity index (χ0v) is 52.0. The Morgan fingerprint density at radius 2 is 0.863 bits per heavy atom. The summed E-state index contributed by atoms with van der Waals surface area (Å²) in [7, 11) is 0. The second-order valence-electron chi connectivity index (χ2n) is 23.6. The Bertz CT molecular complexity index is 1490. The summed E-state index contributed by atoms with van der Waals surface area (Å²) in [5.74, 6) is -1.18. The fourth-order valence-electron chi connectivity index (χ4n) is 10.6. The minimum atomic E-state index is -1.61. The van der Waals surface area contributed by atoms with Crippen molar-refractivity contribution in [2.75, 3.05) is 13.2 Å². The van der Waals surface area contributed by atoms with Crippen LogP contribution in [0.3, 0.4) is 0 Å². The summed E-state index contributed by atoms with van der Waals surface area (Å²) in [6.07, 6.45) is 60.2. The van der Waals surface area contributed by atoms with Gasteiger partial charge in [0.05, 0.1) is 25.4 Å². The third-order valence-electron chi connectivity index (χ3n) is 16.0. The molecule has 1 amide bonds. The maximum absolute atomic E-state index is 13.5. The molecule has 1 heterocycles. The molecule has 6 N–H and O–H groups in total. The fourth-order valence-corrected chi connectivity index (χ4v) is 10.6. The third kappa shape index (κ3) is 44.2. The molecule has 11 nitrogen and oxygen atoms in total. The normalized spacial score (nSPS) is 19.0. The maximum Gasteiger partial charge on any atom is 0.306 e. The van der Waals surface area contributed by atoms with Gasteiger partial charge in [0.2, 0.25) is 5.91 Å². The Morgan fingerprint density at radius 1 is 0.487 bits per heavy atom. The fraction of sp³-hybridized carbons (Fsp3) is 0.855. The van der Waals surface area contributed by atoms with Gasteiger partial charge in [-0.1, -0.05) is 294 Å². The number of ether oxygens (including phenoxy) is 3. The largest absolute Gasteiger partial charge is 0.454 e. The lowest BCUT2D eigenvalue weighted by Crippen LogP contribution is -2.61.